The molecule has 0 heterocycles. The molecule has 0 amide bonds. The summed E-state index contributed by atoms with van der Waals surface area (Å²) in [6.07, 6.45) is 0. The highest BCUT2D eigenvalue weighted by molar-refractivity contribution is 5.96. The van der Waals surface area contributed by atoms with Crippen LogP contribution in [0, 0.1) is 31.3 Å². The third-order valence-electron chi connectivity index (χ3n) is 3.52. The average Bonchev–Trinajstić information content (AvgIpc) is 2.71. The van der Waals surface area contributed by atoms with E-state index in [0.717, 1.165) is 16.7 Å². The van der Waals surface area contributed by atoms with Gasteiger partial charge < -0.3 is 0 Å². The molecule has 14 heteroatoms. The average molecular weight is 483 g/mol. The summed E-state index contributed by atoms with van der Waals surface area (Å²) in [7, 11) is -9.89. The fourth-order valence-electron chi connectivity index (χ4n) is 2.54. The number of rotatable bonds is 2. The van der Waals surface area contributed by atoms with Gasteiger partial charge in [-0.3, -0.25) is 0 Å². The van der Waals surface area contributed by atoms with E-state index in [1.54, 1.807) is 18.2 Å². The zero-order valence-corrected chi connectivity index (χ0v) is 17.3. The van der Waals surface area contributed by atoms with Crippen molar-refractivity contribution < 1.29 is 57.8 Å². The maximum absolute atomic E-state index is 9.26. The van der Waals surface area contributed by atoms with E-state index < -0.39 is 20.5 Å². The zero-order valence-electron chi connectivity index (χ0n) is 15.7. The van der Waals surface area contributed by atoms with Crippen molar-refractivity contribution in [1.82, 2.24) is 0 Å². The smallest absolute Gasteiger partial charge is 0.222 e. The molecule has 0 aliphatic rings. The summed E-state index contributed by atoms with van der Waals surface area (Å²) in [5.74, 6) is 0. The highest BCUT2D eigenvalue weighted by atomic mass is 35.7. The van der Waals surface area contributed by atoms with Crippen LogP contribution < -0.4 is 37.3 Å². The topological polar surface area (TPSA) is 241 Å². The quantitative estimate of drug-likeness (QED) is 0.325. The summed E-state index contributed by atoms with van der Waals surface area (Å²) >= 11 is 0. The van der Waals surface area contributed by atoms with Crippen molar-refractivity contribution in [3.8, 4) is 22.3 Å². The van der Waals surface area contributed by atoms with E-state index in [9.17, 15) is 10.8 Å². The van der Waals surface area contributed by atoms with Crippen molar-refractivity contribution in [2.75, 3.05) is 0 Å². The Balaban J connectivity index is 0.000000431. The van der Waals surface area contributed by atoms with Gasteiger partial charge in [-0.25, -0.2) is 37.3 Å². The van der Waals surface area contributed by atoms with Crippen molar-refractivity contribution in [3.05, 3.63) is 82.7 Å². The maximum atomic E-state index is 9.26. The fraction of sp³-hybridized carbons (Fsp3) is 0. The first-order valence-electron chi connectivity index (χ1n) is 8.06. The zero-order chi connectivity index (χ0) is 24.4. The molecule has 3 aromatic rings. The van der Waals surface area contributed by atoms with Crippen LogP contribution in [0.5, 0.6) is 0 Å². The highest BCUT2D eigenvalue weighted by Gasteiger charge is 2.28. The van der Waals surface area contributed by atoms with Crippen molar-refractivity contribution in [1.29, 1.82) is 10.8 Å². The van der Waals surface area contributed by atoms with Crippen molar-refractivity contribution in [2.24, 2.45) is 0 Å². The molecule has 0 saturated carbocycles. The Morgan fingerprint density at radius 1 is 0.500 bits per heavy atom. The summed E-state index contributed by atoms with van der Waals surface area (Å²) in [4.78, 5) is 6.64. The molecule has 0 N–H and O–H groups in total. The summed E-state index contributed by atoms with van der Waals surface area (Å²) < 4.78 is 67.9. The van der Waals surface area contributed by atoms with Gasteiger partial charge in [-0.1, -0.05) is 54.6 Å². The van der Waals surface area contributed by atoms with E-state index in [1.165, 1.54) is 0 Å². The molecule has 0 bridgehead atoms. The van der Waals surface area contributed by atoms with E-state index in [1.807, 2.05) is 54.6 Å². The highest BCUT2D eigenvalue weighted by Crippen LogP contribution is 2.43. The minimum absolute atomic E-state index is 0.360. The van der Waals surface area contributed by atoms with E-state index in [4.69, 9.17) is 37.3 Å². The lowest BCUT2D eigenvalue weighted by Crippen LogP contribution is -2.68. The monoisotopic (exact) mass is 482 g/mol. The molecule has 0 aromatic heterocycles. The maximum Gasteiger partial charge on any atom is 0.400 e. The molecular formula is C18H12Cl2N4O8. The Morgan fingerprint density at radius 2 is 0.875 bits per heavy atom. The van der Waals surface area contributed by atoms with Crippen molar-refractivity contribution >= 4 is 11.4 Å². The molecule has 166 valence electrons. The van der Waals surface area contributed by atoms with Crippen LogP contribution in [-0.2, 0) is 0 Å². The van der Waals surface area contributed by atoms with Crippen LogP contribution in [0.2, 0.25) is 0 Å². The summed E-state index contributed by atoms with van der Waals surface area (Å²) in [5.41, 5.74) is 4.16. The Labute approximate surface area is 185 Å². The number of hydrogen-bond donors (Lipinski definition) is 0. The normalized spacial score (nSPS) is 10.4. The predicted octanol–water partition coefficient (Wildman–Crippen LogP) is -3.52. The van der Waals surface area contributed by atoms with Crippen LogP contribution in [0.3, 0.4) is 0 Å². The van der Waals surface area contributed by atoms with E-state index in [2.05, 4.69) is 9.95 Å². The largest absolute Gasteiger partial charge is 0.400 e. The fourth-order valence-corrected chi connectivity index (χ4v) is 2.54. The van der Waals surface area contributed by atoms with Crippen LogP contribution >= 0.6 is 0 Å². The van der Waals surface area contributed by atoms with Crippen LogP contribution in [0.4, 0.5) is 11.4 Å². The molecule has 32 heavy (non-hydrogen) atoms. The third kappa shape index (κ3) is 10.2. The van der Waals surface area contributed by atoms with E-state index in [-0.39, 0.29) is 0 Å². The van der Waals surface area contributed by atoms with Crippen LogP contribution in [0.1, 0.15) is 0 Å². The van der Waals surface area contributed by atoms with Gasteiger partial charge in [0.05, 0.1) is 0 Å². The lowest BCUT2D eigenvalue weighted by atomic mass is 9.93. The van der Waals surface area contributed by atoms with Gasteiger partial charge >= 0.3 is 11.4 Å². The number of halogens is 2. The predicted molar refractivity (Wildman–Crippen MR) is 86.8 cm³/mol. The lowest BCUT2D eigenvalue weighted by molar-refractivity contribution is -2.00. The molecule has 3 rings (SSSR count). The third-order valence-corrected chi connectivity index (χ3v) is 3.52. The van der Waals surface area contributed by atoms with Crippen LogP contribution in [0.25, 0.3) is 32.2 Å². The Morgan fingerprint density at radius 3 is 1.28 bits per heavy atom. The second-order valence-corrected chi connectivity index (χ2v) is 7.05. The van der Waals surface area contributed by atoms with Crippen LogP contribution in [0.15, 0.2) is 72.8 Å². The first kappa shape index (κ1) is 26.8. The number of diazo groups is 2. The molecule has 0 radical (unpaired) electrons. The van der Waals surface area contributed by atoms with Gasteiger partial charge in [0.1, 0.15) is 0 Å². The Bertz CT molecular complexity index is 1050. The second-order valence-electron chi connectivity index (χ2n) is 5.54. The molecule has 0 aliphatic heterocycles. The lowest BCUT2D eigenvalue weighted by Gasteiger charge is -2.17. The van der Waals surface area contributed by atoms with Gasteiger partial charge in [0.2, 0.25) is 10.8 Å². The summed E-state index contributed by atoms with van der Waals surface area (Å²) in [6, 6.07) is 22.7. The first-order valence-corrected chi connectivity index (χ1v) is 10.5. The minimum Gasteiger partial charge on any atom is -0.222 e. The van der Waals surface area contributed by atoms with E-state index >= 15 is 0 Å². The molecule has 0 spiro atoms. The molecular weight excluding hydrogens is 471 g/mol. The Hall–Kier alpha value is -3.24. The summed E-state index contributed by atoms with van der Waals surface area (Å²) in [5, 5.41) is 18.5. The van der Waals surface area contributed by atoms with Gasteiger partial charge in [-0.2, -0.15) is 0 Å². The van der Waals surface area contributed by atoms with Gasteiger partial charge in [0, 0.05) is 17.7 Å². The van der Waals surface area contributed by atoms with Gasteiger partial charge in [-0.15, -0.1) is 20.5 Å². The number of nitrogens with zero attached hydrogens (tertiary/aromatic N) is 4. The Kier molecular flexibility index (Phi) is 10.0. The SMILES string of the molecule is N#[N+]c1cccc([N+]#N)c1-c1ccccc1-c1ccccc1.[O-][Cl+3]([O-])([O-])[O-].[O-][Cl+3]([O-])([O-])[O-]. The number of hydrogen-bond acceptors (Lipinski definition) is 10. The molecule has 0 saturated heterocycles. The minimum atomic E-state index is -4.94. The van der Waals surface area contributed by atoms with Gasteiger partial charge in [0.25, 0.3) is 0 Å². The molecule has 12 nitrogen and oxygen atoms in total. The molecule has 0 atom stereocenters. The van der Waals surface area contributed by atoms with Crippen molar-refractivity contribution in [2.45, 2.75) is 0 Å². The molecule has 0 unspecified atom stereocenters. The standard InChI is InChI=1S/C18H12N4.2ClHO4/c19-21-16-11-6-12-17(22-20)18(16)15-10-5-4-9-14(15)13-7-2-1-3-8-13;2*2-1(3,4)5/h1-12H;2*(H,2,3,4,5)/q+2;;/p-2. The van der Waals surface area contributed by atoms with E-state index in [0.29, 0.717) is 16.9 Å². The molecule has 0 aliphatic carbocycles. The van der Waals surface area contributed by atoms with Gasteiger partial charge in [-0.05, 0) is 17.2 Å². The molecule has 3 aromatic carbocycles. The summed E-state index contributed by atoms with van der Waals surface area (Å²) in [6.45, 7) is 0. The number of benzene rings is 3. The van der Waals surface area contributed by atoms with Gasteiger partial charge in [0.15, 0.2) is 15.5 Å². The first-order chi connectivity index (χ1) is 14.8. The van der Waals surface area contributed by atoms with Crippen molar-refractivity contribution in [3.63, 3.8) is 0 Å². The van der Waals surface area contributed by atoms with Crippen LogP contribution in [-0.4, -0.2) is 0 Å². The second kappa shape index (κ2) is 12.0. The molecule has 0 fully saturated rings.